The van der Waals surface area contributed by atoms with Crippen LogP contribution in [0.25, 0.3) is 0 Å². The molecule has 0 aliphatic carbocycles. The van der Waals surface area contributed by atoms with E-state index in [4.69, 9.17) is 14.2 Å². The molecule has 1 rings (SSSR count). The lowest BCUT2D eigenvalue weighted by Gasteiger charge is -2.40. The van der Waals surface area contributed by atoms with Gasteiger partial charge in [-0.05, 0) is 77.6 Å². The number of aliphatic hydroxyl groups excluding tert-OH is 5. The van der Waals surface area contributed by atoms with Gasteiger partial charge in [-0.3, -0.25) is 9.59 Å². The Labute approximate surface area is 440 Å². The van der Waals surface area contributed by atoms with Crippen LogP contribution < -0.4 is 5.32 Å². The molecule has 1 aliphatic rings. The molecule has 72 heavy (non-hydrogen) atoms. The summed E-state index contributed by atoms with van der Waals surface area (Å²) in [5, 5.41) is 54.1. The second kappa shape index (κ2) is 50.8. The van der Waals surface area contributed by atoms with Crippen molar-refractivity contribution >= 4 is 11.9 Å². The Morgan fingerprint density at radius 1 is 0.528 bits per heavy atom. The van der Waals surface area contributed by atoms with Crippen LogP contribution in [0.15, 0.2) is 48.6 Å². The van der Waals surface area contributed by atoms with Crippen LogP contribution in [0, 0.1) is 0 Å². The van der Waals surface area contributed by atoms with E-state index in [9.17, 15) is 35.1 Å². The quantitative estimate of drug-likeness (QED) is 0.0195. The first-order valence-electron chi connectivity index (χ1n) is 29.9. The Hall–Kier alpha value is -2.38. The lowest BCUT2D eigenvalue weighted by molar-refractivity contribution is -0.302. The van der Waals surface area contributed by atoms with E-state index in [-0.39, 0.29) is 18.5 Å². The first-order chi connectivity index (χ1) is 35.2. The van der Waals surface area contributed by atoms with Crippen molar-refractivity contribution in [3.8, 4) is 0 Å². The summed E-state index contributed by atoms with van der Waals surface area (Å²) in [6.07, 6.45) is 53.9. The van der Waals surface area contributed by atoms with E-state index in [0.29, 0.717) is 25.9 Å². The van der Waals surface area contributed by atoms with Gasteiger partial charge in [0.25, 0.3) is 0 Å². The highest BCUT2D eigenvalue weighted by Gasteiger charge is 2.44. The van der Waals surface area contributed by atoms with E-state index in [1.54, 1.807) is 6.08 Å². The number of carbonyl (C=O) groups is 2. The molecule has 1 heterocycles. The van der Waals surface area contributed by atoms with Crippen molar-refractivity contribution in [3.05, 3.63) is 48.6 Å². The Balaban J connectivity index is 2.03. The van der Waals surface area contributed by atoms with Crippen molar-refractivity contribution in [1.29, 1.82) is 0 Å². The van der Waals surface area contributed by atoms with Crippen LogP contribution in [-0.2, 0) is 23.8 Å². The van der Waals surface area contributed by atoms with Gasteiger partial charge in [-0.25, -0.2) is 0 Å². The van der Waals surface area contributed by atoms with E-state index < -0.39 is 49.5 Å². The van der Waals surface area contributed by atoms with E-state index in [1.165, 1.54) is 141 Å². The standard InChI is InChI=1S/C61H111NO10/c1-3-5-7-9-11-13-14-15-16-19-23-26-29-33-37-41-45-49-57(66)70-50-46-42-38-34-30-27-24-21-18-17-20-22-25-28-32-36-40-44-48-56(65)62-53(54(64)47-43-39-35-31-12-10-8-6-4-2)52-71-61-60(69)59(68)58(67)55(51-63)72-61/h4,6,12,20,22,31,43,47,53-55,58-61,63-64,67-69H,3,5,7-11,13-19,21,23-30,32-42,44-46,48-52H2,1-2H3,(H,62,65)/b6-4+,22-20-,31-12+,47-43+. The van der Waals surface area contributed by atoms with E-state index in [0.717, 1.165) is 89.9 Å². The zero-order chi connectivity index (χ0) is 52.4. The Bertz CT molecular complexity index is 1340. The van der Waals surface area contributed by atoms with Crippen molar-refractivity contribution < 1.29 is 49.3 Å². The lowest BCUT2D eigenvalue weighted by Crippen LogP contribution is -2.60. The summed E-state index contributed by atoms with van der Waals surface area (Å²) in [5.41, 5.74) is 0. The lowest BCUT2D eigenvalue weighted by atomic mass is 9.99. The van der Waals surface area contributed by atoms with Crippen LogP contribution in [0.4, 0.5) is 0 Å². The molecule has 0 aromatic carbocycles. The second-order valence-electron chi connectivity index (χ2n) is 20.7. The summed E-state index contributed by atoms with van der Waals surface area (Å²) in [6, 6.07) is -0.844. The number of esters is 1. The fourth-order valence-electron chi connectivity index (χ4n) is 9.23. The fourth-order valence-corrected chi connectivity index (χ4v) is 9.23. The van der Waals surface area contributed by atoms with Crippen LogP contribution in [0.5, 0.6) is 0 Å². The van der Waals surface area contributed by atoms with Crippen molar-refractivity contribution in [1.82, 2.24) is 5.32 Å². The molecule has 0 bridgehead atoms. The number of aliphatic hydroxyl groups is 5. The van der Waals surface area contributed by atoms with Gasteiger partial charge in [0.15, 0.2) is 6.29 Å². The molecule has 1 saturated heterocycles. The van der Waals surface area contributed by atoms with Crippen molar-refractivity contribution in [2.24, 2.45) is 0 Å². The molecule has 0 saturated carbocycles. The number of amides is 1. The molecule has 7 unspecified atom stereocenters. The maximum absolute atomic E-state index is 13.0. The predicted molar refractivity (Wildman–Crippen MR) is 297 cm³/mol. The molecule has 0 radical (unpaired) electrons. The highest BCUT2D eigenvalue weighted by molar-refractivity contribution is 5.76. The van der Waals surface area contributed by atoms with E-state index in [2.05, 4.69) is 42.6 Å². The van der Waals surface area contributed by atoms with Gasteiger partial charge < -0.3 is 45.1 Å². The number of nitrogens with one attached hydrogen (secondary N) is 1. The molecule has 0 spiro atoms. The summed E-state index contributed by atoms with van der Waals surface area (Å²) in [7, 11) is 0. The highest BCUT2D eigenvalue weighted by Crippen LogP contribution is 2.23. The van der Waals surface area contributed by atoms with Gasteiger partial charge in [-0.15, -0.1) is 0 Å². The molecule has 7 atom stereocenters. The van der Waals surface area contributed by atoms with Gasteiger partial charge in [0.1, 0.15) is 24.4 Å². The third kappa shape index (κ3) is 40.0. The molecular weight excluding hydrogens is 907 g/mol. The molecule has 6 N–H and O–H groups in total. The minimum atomic E-state index is -1.58. The zero-order valence-electron chi connectivity index (χ0n) is 46.1. The number of rotatable bonds is 51. The van der Waals surface area contributed by atoms with Gasteiger partial charge in [-0.2, -0.15) is 0 Å². The van der Waals surface area contributed by atoms with Gasteiger partial charge in [0.2, 0.25) is 5.91 Å². The van der Waals surface area contributed by atoms with Crippen LogP contribution in [-0.4, -0.2) is 100 Å². The molecule has 420 valence electrons. The third-order valence-corrected chi connectivity index (χ3v) is 14.0. The van der Waals surface area contributed by atoms with Crippen molar-refractivity contribution in [2.75, 3.05) is 19.8 Å². The molecule has 0 aromatic rings. The van der Waals surface area contributed by atoms with Crippen molar-refractivity contribution in [2.45, 2.75) is 307 Å². The molecule has 1 amide bonds. The molecule has 1 aliphatic heterocycles. The number of allylic oxidation sites excluding steroid dienone is 7. The molecule has 11 nitrogen and oxygen atoms in total. The maximum Gasteiger partial charge on any atom is 0.305 e. The van der Waals surface area contributed by atoms with Crippen molar-refractivity contribution in [3.63, 3.8) is 0 Å². The van der Waals surface area contributed by atoms with E-state index in [1.807, 2.05) is 19.1 Å². The topological polar surface area (TPSA) is 175 Å². The summed E-state index contributed by atoms with van der Waals surface area (Å²) < 4.78 is 16.7. The first-order valence-corrected chi connectivity index (χ1v) is 29.9. The summed E-state index contributed by atoms with van der Waals surface area (Å²) in [6.45, 7) is 4.07. The normalized spacial score (nSPS) is 19.3. The van der Waals surface area contributed by atoms with Gasteiger partial charge in [0.05, 0.1) is 32.0 Å². The van der Waals surface area contributed by atoms with Gasteiger partial charge in [0, 0.05) is 12.8 Å². The third-order valence-electron chi connectivity index (χ3n) is 14.0. The Morgan fingerprint density at radius 3 is 1.46 bits per heavy atom. The summed E-state index contributed by atoms with van der Waals surface area (Å²) >= 11 is 0. The number of hydrogen-bond acceptors (Lipinski definition) is 10. The number of hydrogen-bond donors (Lipinski definition) is 6. The minimum absolute atomic E-state index is 0.0107. The molecule has 11 heteroatoms. The van der Waals surface area contributed by atoms with Crippen LogP contribution in [0.1, 0.15) is 264 Å². The number of ether oxygens (including phenoxy) is 3. The predicted octanol–water partition coefficient (Wildman–Crippen LogP) is 13.7. The molecular formula is C61H111NO10. The molecule has 0 aromatic heterocycles. The average Bonchev–Trinajstić information content (AvgIpc) is 3.38. The Kier molecular flexibility index (Phi) is 47.7. The van der Waals surface area contributed by atoms with Crippen LogP contribution in [0.3, 0.4) is 0 Å². The first kappa shape index (κ1) is 67.6. The second-order valence-corrected chi connectivity index (χ2v) is 20.7. The van der Waals surface area contributed by atoms with Gasteiger partial charge in [-0.1, -0.05) is 222 Å². The van der Waals surface area contributed by atoms with Crippen LogP contribution in [0.2, 0.25) is 0 Å². The smallest absolute Gasteiger partial charge is 0.305 e. The largest absolute Gasteiger partial charge is 0.466 e. The highest BCUT2D eigenvalue weighted by atomic mass is 16.7. The van der Waals surface area contributed by atoms with E-state index >= 15 is 0 Å². The number of unbranched alkanes of at least 4 members (excludes halogenated alkanes) is 32. The monoisotopic (exact) mass is 1020 g/mol. The van der Waals surface area contributed by atoms with Crippen LogP contribution >= 0.6 is 0 Å². The molecule has 1 fully saturated rings. The minimum Gasteiger partial charge on any atom is -0.466 e. The summed E-state index contributed by atoms with van der Waals surface area (Å²) in [5.74, 6) is -0.225. The number of carbonyl (C=O) groups excluding carboxylic acids is 2. The van der Waals surface area contributed by atoms with Gasteiger partial charge >= 0.3 is 5.97 Å². The Morgan fingerprint density at radius 2 is 0.958 bits per heavy atom. The fraction of sp³-hybridized carbons (Fsp3) is 0.836. The average molecular weight is 1020 g/mol. The summed E-state index contributed by atoms with van der Waals surface area (Å²) in [4.78, 5) is 25.1. The SMILES string of the molecule is C/C=C/CC/C=C/CC/C=C/C(O)C(COC1OC(CO)C(O)C(O)C1O)NC(=O)CCCCCCC/C=C\CCCCCCCCCCCOC(=O)CCCCCCCCCCCCCCCCCCC. The zero-order valence-corrected chi connectivity index (χ0v) is 46.1. The maximum atomic E-state index is 13.0.